The Bertz CT molecular complexity index is 1140. The average Bonchev–Trinajstić information content (AvgIpc) is 3.22. The Hall–Kier alpha value is -2.30. The van der Waals surface area contributed by atoms with Crippen molar-refractivity contribution in [2.24, 2.45) is 0 Å². The van der Waals surface area contributed by atoms with E-state index in [1.165, 1.54) is 18.4 Å². The number of likely N-dealkylation sites (tertiary alicyclic amines) is 1. The molecule has 1 heterocycles. The number of nitrogens with zero attached hydrogens (tertiary/aromatic N) is 1. The van der Waals surface area contributed by atoms with Gasteiger partial charge in [-0.25, -0.2) is 8.99 Å². The molecule has 2 aromatic carbocycles. The van der Waals surface area contributed by atoms with Crippen LogP contribution in [-0.2, 0) is 20.7 Å². The molecule has 0 aromatic heterocycles. The van der Waals surface area contributed by atoms with E-state index < -0.39 is 27.0 Å². The number of ether oxygens (including phenoxy) is 1. The van der Waals surface area contributed by atoms with E-state index in [-0.39, 0.29) is 36.2 Å². The lowest BCUT2D eigenvalue weighted by atomic mass is 10.0. The predicted octanol–water partition coefficient (Wildman–Crippen LogP) is 5.27. The van der Waals surface area contributed by atoms with Gasteiger partial charge in [-0.2, -0.15) is 13.2 Å². The summed E-state index contributed by atoms with van der Waals surface area (Å²) in [6, 6.07) is 11.3. The van der Waals surface area contributed by atoms with Crippen LogP contribution in [0.15, 0.2) is 53.4 Å². The third-order valence-electron chi connectivity index (χ3n) is 6.13. The third kappa shape index (κ3) is 7.11. The SMILES string of the molecule is C[C@H](NC(=O)C(C)(C)N1CC[C@@H](Oc2cccc(C(F)(F)F)c2)C1)c1ccc(S(C)(=N)=O)cc1.Cl. The molecule has 2 aromatic rings. The maximum Gasteiger partial charge on any atom is 0.416 e. The van der Waals surface area contributed by atoms with Gasteiger partial charge in [-0.1, -0.05) is 18.2 Å². The van der Waals surface area contributed by atoms with Gasteiger partial charge in [0, 0.05) is 24.2 Å². The molecule has 35 heavy (non-hydrogen) atoms. The van der Waals surface area contributed by atoms with Crippen molar-refractivity contribution < 1.29 is 26.9 Å². The van der Waals surface area contributed by atoms with E-state index in [0.29, 0.717) is 24.4 Å². The number of carbonyl (C=O) groups is 1. The summed E-state index contributed by atoms with van der Waals surface area (Å²) < 4.78 is 64.2. The summed E-state index contributed by atoms with van der Waals surface area (Å²) in [6.07, 6.45) is -2.81. The van der Waals surface area contributed by atoms with Gasteiger partial charge in [-0.3, -0.25) is 9.69 Å². The summed E-state index contributed by atoms with van der Waals surface area (Å²) in [5.41, 5.74) is -0.798. The highest BCUT2D eigenvalue weighted by Crippen LogP contribution is 2.32. The molecule has 6 nitrogen and oxygen atoms in total. The molecule has 1 aliphatic heterocycles. The number of nitrogens with one attached hydrogen (secondary N) is 2. The molecule has 1 unspecified atom stereocenters. The standard InChI is InChI=1S/C24H30F3N3O3S.ClH/c1-16(17-8-10-21(11-9-17)34(4,28)32)29-22(31)23(2,3)30-13-12-20(15-30)33-19-7-5-6-18(14-19)24(25,26)27;/h5-11,14,16,20,28H,12-13,15H2,1-4H3,(H,29,31);1H/t16-,20+,34?;/m0./s1. The van der Waals surface area contributed by atoms with Crippen LogP contribution in [0.2, 0.25) is 0 Å². The van der Waals surface area contributed by atoms with Gasteiger partial charge in [-0.05, 0) is 63.1 Å². The first-order valence-corrected chi connectivity index (χ1v) is 12.9. The molecule has 1 amide bonds. The van der Waals surface area contributed by atoms with E-state index in [9.17, 15) is 22.2 Å². The van der Waals surface area contributed by atoms with Gasteiger partial charge in [0.25, 0.3) is 0 Å². The van der Waals surface area contributed by atoms with Crippen LogP contribution >= 0.6 is 12.4 Å². The van der Waals surface area contributed by atoms with Crippen LogP contribution < -0.4 is 10.1 Å². The lowest BCUT2D eigenvalue weighted by Crippen LogP contribution is -2.54. The Kier molecular flexibility index (Phi) is 8.89. The summed E-state index contributed by atoms with van der Waals surface area (Å²) in [5, 5.41) is 3.00. The molecular weight excluding hydrogens is 503 g/mol. The van der Waals surface area contributed by atoms with Crippen molar-refractivity contribution >= 4 is 28.0 Å². The molecule has 1 aliphatic rings. The highest BCUT2D eigenvalue weighted by Gasteiger charge is 2.40. The minimum absolute atomic E-state index is 0. The largest absolute Gasteiger partial charge is 0.489 e. The van der Waals surface area contributed by atoms with Gasteiger partial charge in [0.1, 0.15) is 11.9 Å². The molecule has 0 radical (unpaired) electrons. The molecule has 1 saturated heterocycles. The minimum atomic E-state index is -4.44. The van der Waals surface area contributed by atoms with Crippen molar-refractivity contribution in [1.82, 2.24) is 10.2 Å². The normalized spacial score (nSPS) is 19.3. The first kappa shape index (κ1) is 28.9. The Balaban J connectivity index is 0.00000432. The third-order valence-corrected chi connectivity index (χ3v) is 7.30. The second-order valence-corrected chi connectivity index (χ2v) is 11.3. The fourth-order valence-electron chi connectivity index (χ4n) is 3.89. The van der Waals surface area contributed by atoms with Gasteiger partial charge in [0.2, 0.25) is 5.91 Å². The van der Waals surface area contributed by atoms with Crippen LogP contribution in [0.5, 0.6) is 5.75 Å². The first-order valence-electron chi connectivity index (χ1n) is 10.9. The monoisotopic (exact) mass is 533 g/mol. The fourth-order valence-corrected chi connectivity index (χ4v) is 4.54. The zero-order valence-corrected chi connectivity index (χ0v) is 21.7. The second-order valence-electron chi connectivity index (χ2n) is 9.17. The van der Waals surface area contributed by atoms with Crippen molar-refractivity contribution in [3.8, 4) is 5.75 Å². The van der Waals surface area contributed by atoms with Crippen molar-refractivity contribution in [2.75, 3.05) is 19.3 Å². The van der Waals surface area contributed by atoms with E-state index in [2.05, 4.69) is 5.32 Å². The Morgan fingerprint density at radius 1 is 1.20 bits per heavy atom. The number of hydrogen-bond acceptors (Lipinski definition) is 5. The maximum atomic E-state index is 13.1. The topological polar surface area (TPSA) is 82.5 Å². The lowest BCUT2D eigenvalue weighted by molar-refractivity contribution is -0.137. The zero-order valence-electron chi connectivity index (χ0n) is 20.0. The second kappa shape index (κ2) is 10.8. The quantitative estimate of drug-likeness (QED) is 0.508. The van der Waals surface area contributed by atoms with Gasteiger partial charge in [0.05, 0.1) is 26.9 Å². The van der Waals surface area contributed by atoms with Crippen molar-refractivity contribution in [2.45, 2.75) is 55.9 Å². The van der Waals surface area contributed by atoms with Crippen LogP contribution in [0, 0.1) is 4.78 Å². The molecule has 1 fully saturated rings. The van der Waals surface area contributed by atoms with Gasteiger partial charge >= 0.3 is 6.18 Å². The molecular formula is C24H31ClF3N3O3S. The van der Waals surface area contributed by atoms with Gasteiger partial charge in [0.15, 0.2) is 0 Å². The summed E-state index contributed by atoms with van der Waals surface area (Å²) in [6.45, 7) is 6.43. The zero-order chi connectivity index (χ0) is 25.3. The average molecular weight is 534 g/mol. The summed E-state index contributed by atoms with van der Waals surface area (Å²) >= 11 is 0. The molecule has 0 bridgehead atoms. The number of halogens is 4. The molecule has 11 heteroatoms. The highest BCUT2D eigenvalue weighted by molar-refractivity contribution is 7.91. The smallest absolute Gasteiger partial charge is 0.416 e. The minimum Gasteiger partial charge on any atom is -0.489 e. The summed E-state index contributed by atoms with van der Waals surface area (Å²) in [7, 11) is -2.80. The highest BCUT2D eigenvalue weighted by atomic mass is 35.5. The number of alkyl halides is 3. The van der Waals surface area contributed by atoms with Crippen LogP contribution in [0.25, 0.3) is 0 Å². The number of carbonyl (C=O) groups excluding carboxylic acids is 1. The van der Waals surface area contributed by atoms with Crippen molar-refractivity contribution in [3.63, 3.8) is 0 Å². The number of amides is 1. The molecule has 0 aliphatic carbocycles. The molecule has 194 valence electrons. The lowest BCUT2D eigenvalue weighted by Gasteiger charge is -2.35. The van der Waals surface area contributed by atoms with Gasteiger partial charge in [-0.15, -0.1) is 12.4 Å². The molecule has 0 saturated carbocycles. The Labute approximate surface area is 210 Å². The molecule has 3 rings (SSSR count). The van der Waals surface area contributed by atoms with E-state index in [1.54, 1.807) is 38.1 Å². The number of hydrogen-bond donors (Lipinski definition) is 2. The van der Waals surface area contributed by atoms with Crippen molar-refractivity contribution in [1.29, 1.82) is 4.78 Å². The molecule has 2 N–H and O–H groups in total. The van der Waals surface area contributed by atoms with Crippen LogP contribution in [0.4, 0.5) is 13.2 Å². The van der Waals surface area contributed by atoms with Crippen LogP contribution in [-0.4, -0.2) is 46.0 Å². The Morgan fingerprint density at radius 2 is 1.83 bits per heavy atom. The van der Waals surface area contributed by atoms with E-state index in [0.717, 1.165) is 17.7 Å². The van der Waals surface area contributed by atoms with Gasteiger partial charge < -0.3 is 10.1 Å². The van der Waals surface area contributed by atoms with E-state index in [4.69, 9.17) is 9.52 Å². The molecule has 3 atom stereocenters. The van der Waals surface area contributed by atoms with Crippen LogP contribution in [0.1, 0.15) is 44.4 Å². The number of benzene rings is 2. The summed E-state index contributed by atoms with van der Waals surface area (Å²) in [4.78, 5) is 15.5. The first-order chi connectivity index (χ1) is 15.7. The Morgan fingerprint density at radius 3 is 2.40 bits per heavy atom. The summed E-state index contributed by atoms with van der Waals surface area (Å²) in [5.74, 6) is -0.0340. The van der Waals surface area contributed by atoms with Crippen molar-refractivity contribution in [3.05, 3.63) is 59.7 Å². The molecule has 0 spiro atoms. The predicted molar refractivity (Wildman–Crippen MR) is 131 cm³/mol. The number of rotatable bonds is 7. The maximum absolute atomic E-state index is 13.1. The van der Waals surface area contributed by atoms with E-state index in [1.807, 2.05) is 11.8 Å². The van der Waals surface area contributed by atoms with Crippen LogP contribution in [0.3, 0.4) is 0 Å². The fraction of sp³-hybridized carbons (Fsp3) is 0.458. The van der Waals surface area contributed by atoms with E-state index >= 15 is 0 Å².